The Balaban J connectivity index is 2.42. The van der Waals surface area contributed by atoms with Crippen molar-refractivity contribution in [2.75, 3.05) is 5.73 Å². The summed E-state index contributed by atoms with van der Waals surface area (Å²) in [5.41, 5.74) is 7.43. The van der Waals surface area contributed by atoms with E-state index in [1.807, 2.05) is 18.2 Å². The molecule has 100 valence electrons. The van der Waals surface area contributed by atoms with Crippen molar-refractivity contribution in [3.63, 3.8) is 0 Å². The van der Waals surface area contributed by atoms with Crippen molar-refractivity contribution in [3.8, 4) is 11.1 Å². The number of aryl methyl sites for hydroxylation is 1. The molecule has 0 aliphatic heterocycles. The van der Waals surface area contributed by atoms with Crippen molar-refractivity contribution in [2.24, 2.45) is 7.05 Å². The number of fused-ring (bicyclic) bond motifs is 1. The Labute approximate surface area is 115 Å². The van der Waals surface area contributed by atoms with Crippen LogP contribution in [-0.2, 0) is 7.05 Å². The lowest BCUT2D eigenvalue weighted by atomic mass is 10.00. The van der Waals surface area contributed by atoms with E-state index in [0.717, 1.165) is 10.9 Å². The highest BCUT2D eigenvalue weighted by Gasteiger charge is 2.09. The Kier molecular flexibility index (Phi) is 2.79. The van der Waals surface area contributed by atoms with Gasteiger partial charge in [0.25, 0.3) is 5.56 Å². The Bertz CT molecular complexity index is 848. The third-order valence-electron chi connectivity index (χ3n) is 3.32. The largest absolute Gasteiger partial charge is 0.399 e. The number of nitrogens with zero attached hydrogens (tertiary/aromatic N) is 1. The molecular weight excluding hydrogens is 255 g/mol. The Morgan fingerprint density at radius 3 is 2.50 bits per heavy atom. The van der Waals surface area contributed by atoms with Crippen LogP contribution in [0.15, 0.2) is 53.5 Å². The van der Waals surface area contributed by atoms with Crippen molar-refractivity contribution in [2.45, 2.75) is 0 Å². The molecule has 0 bridgehead atoms. The minimum Gasteiger partial charge on any atom is -0.399 e. The van der Waals surface area contributed by atoms with Gasteiger partial charge in [0, 0.05) is 29.9 Å². The standard InChI is InChI=1S/C16H13FN2O/c1-19-9-15(10-6-11(17)8-12(18)7-10)13-4-2-3-5-14(13)16(19)20/h2-9H,18H2,1H3. The van der Waals surface area contributed by atoms with Gasteiger partial charge in [0.1, 0.15) is 5.82 Å². The lowest BCUT2D eigenvalue weighted by Crippen LogP contribution is -2.16. The topological polar surface area (TPSA) is 48.0 Å². The molecule has 0 spiro atoms. The van der Waals surface area contributed by atoms with Crippen LogP contribution in [0.3, 0.4) is 0 Å². The maximum absolute atomic E-state index is 13.5. The van der Waals surface area contributed by atoms with Gasteiger partial charge < -0.3 is 10.3 Å². The van der Waals surface area contributed by atoms with Gasteiger partial charge in [0.2, 0.25) is 0 Å². The average molecular weight is 268 g/mol. The number of halogens is 1. The molecule has 3 nitrogen and oxygen atoms in total. The molecule has 0 saturated carbocycles. The minimum atomic E-state index is -0.391. The first-order valence-electron chi connectivity index (χ1n) is 6.21. The summed E-state index contributed by atoms with van der Waals surface area (Å²) in [5, 5.41) is 1.40. The molecule has 0 atom stereocenters. The molecular formula is C16H13FN2O. The second-order valence-electron chi connectivity index (χ2n) is 4.78. The summed E-state index contributed by atoms with van der Waals surface area (Å²) in [5.74, 6) is -0.391. The van der Waals surface area contributed by atoms with Gasteiger partial charge in [-0.1, -0.05) is 18.2 Å². The predicted octanol–water partition coefficient (Wildman–Crippen LogP) is 2.93. The third kappa shape index (κ3) is 1.95. The summed E-state index contributed by atoms with van der Waals surface area (Å²) >= 11 is 0. The fourth-order valence-corrected chi connectivity index (χ4v) is 2.41. The molecule has 0 saturated heterocycles. The van der Waals surface area contributed by atoms with E-state index in [4.69, 9.17) is 5.73 Å². The molecule has 0 fully saturated rings. The molecule has 0 radical (unpaired) electrons. The highest BCUT2D eigenvalue weighted by atomic mass is 19.1. The average Bonchev–Trinajstić information content (AvgIpc) is 2.42. The van der Waals surface area contributed by atoms with Gasteiger partial charge >= 0.3 is 0 Å². The van der Waals surface area contributed by atoms with Crippen molar-refractivity contribution in [3.05, 3.63) is 64.8 Å². The fraction of sp³-hybridized carbons (Fsp3) is 0.0625. The molecule has 2 N–H and O–H groups in total. The van der Waals surface area contributed by atoms with Crippen molar-refractivity contribution in [1.82, 2.24) is 4.57 Å². The quantitative estimate of drug-likeness (QED) is 0.690. The fourth-order valence-electron chi connectivity index (χ4n) is 2.41. The van der Waals surface area contributed by atoms with E-state index in [1.54, 1.807) is 25.4 Å². The molecule has 20 heavy (non-hydrogen) atoms. The van der Waals surface area contributed by atoms with E-state index in [2.05, 4.69) is 0 Å². The number of aromatic nitrogens is 1. The highest BCUT2D eigenvalue weighted by Crippen LogP contribution is 2.28. The van der Waals surface area contributed by atoms with Crippen LogP contribution in [0, 0.1) is 5.82 Å². The molecule has 1 aromatic heterocycles. The summed E-state index contributed by atoms with van der Waals surface area (Å²) in [6.07, 6.45) is 1.71. The number of nitrogens with two attached hydrogens (primary N) is 1. The molecule has 3 aromatic rings. The molecule has 1 heterocycles. The van der Waals surface area contributed by atoms with Gasteiger partial charge in [-0.3, -0.25) is 4.79 Å². The van der Waals surface area contributed by atoms with Crippen molar-refractivity contribution < 1.29 is 4.39 Å². The van der Waals surface area contributed by atoms with Crippen LogP contribution in [0.5, 0.6) is 0 Å². The molecule has 0 aliphatic carbocycles. The monoisotopic (exact) mass is 268 g/mol. The number of hydrogen-bond donors (Lipinski definition) is 1. The number of benzene rings is 2. The van der Waals surface area contributed by atoms with Crippen molar-refractivity contribution >= 4 is 16.5 Å². The highest BCUT2D eigenvalue weighted by molar-refractivity contribution is 5.96. The number of rotatable bonds is 1. The van der Waals surface area contributed by atoms with Gasteiger partial charge in [0.05, 0.1) is 0 Å². The molecule has 0 aliphatic rings. The lowest BCUT2D eigenvalue weighted by Gasteiger charge is -2.10. The van der Waals surface area contributed by atoms with Crippen LogP contribution in [0.4, 0.5) is 10.1 Å². The number of pyridine rings is 1. The van der Waals surface area contributed by atoms with E-state index >= 15 is 0 Å². The number of hydrogen-bond acceptors (Lipinski definition) is 2. The lowest BCUT2D eigenvalue weighted by molar-refractivity contribution is 0.629. The summed E-state index contributed by atoms with van der Waals surface area (Å²) < 4.78 is 15.0. The van der Waals surface area contributed by atoms with E-state index in [0.29, 0.717) is 16.6 Å². The summed E-state index contributed by atoms with van der Waals surface area (Å²) in [6, 6.07) is 11.7. The SMILES string of the molecule is Cn1cc(-c2cc(N)cc(F)c2)c2ccccc2c1=O. The van der Waals surface area contributed by atoms with Crippen LogP contribution in [0.25, 0.3) is 21.9 Å². The molecule has 0 unspecified atom stereocenters. The second-order valence-corrected chi connectivity index (χ2v) is 4.78. The van der Waals surface area contributed by atoms with Crippen LogP contribution < -0.4 is 11.3 Å². The maximum Gasteiger partial charge on any atom is 0.258 e. The Morgan fingerprint density at radius 2 is 1.80 bits per heavy atom. The Hall–Kier alpha value is -2.62. The molecule has 3 rings (SSSR count). The Morgan fingerprint density at radius 1 is 1.10 bits per heavy atom. The zero-order valence-corrected chi connectivity index (χ0v) is 10.9. The van der Waals surface area contributed by atoms with Gasteiger partial charge in [-0.2, -0.15) is 0 Å². The second kappa shape index (κ2) is 4.49. The summed E-state index contributed by atoms with van der Waals surface area (Å²) in [4.78, 5) is 12.1. The normalized spacial score (nSPS) is 10.9. The van der Waals surface area contributed by atoms with Crippen LogP contribution in [0.2, 0.25) is 0 Å². The van der Waals surface area contributed by atoms with E-state index in [1.165, 1.54) is 16.7 Å². The van der Waals surface area contributed by atoms with E-state index in [9.17, 15) is 9.18 Å². The zero-order valence-electron chi connectivity index (χ0n) is 10.9. The molecule has 2 aromatic carbocycles. The molecule has 0 amide bonds. The first-order chi connectivity index (χ1) is 9.56. The van der Waals surface area contributed by atoms with E-state index in [-0.39, 0.29) is 5.56 Å². The van der Waals surface area contributed by atoms with Crippen LogP contribution in [-0.4, -0.2) is 4.57 Å². The number of nitrogen functional groups attached to an aromatic ring is 1. The first-order valence-corrected chi connectivity index (χ1v) is 6.21. The van der Waals surface area contributed by atoms with E-state index < -0.39 is 5.82 Å². The number of anilines is 1. The van der Waals surface area contributed by atoms with Crippen molar-refractivity contribution in [1.29, 1.82) is 0 Å². The van der Waals surface area contributed by atoms with Gasteiger partial charge in [0.15, 0.2) is 0 Å². The first kappa shape index (κ1) is 12.4. The third-order valence-corrected chi connectivity index (χ3v) is 3.32. The maximum atomic E-state index is 13.5. The van der Waals surface area contributed by atoms with Crippen LogP contribution >= 0.6 is 0 Å². The van der Waals surface area contributed by atoms with Gasteiger partial charge in [-0.05, 0) is 35.2 Å². The predicted molar refractivity (Wildman–Crippen MR) is 79.0 cm³/mol. The summed E-state index contributed by atoms with van der Waals surface area (Å²) in [6.45, 7) is 0. The smallest absolute Gasteiger partial charge is 0.258 e. The van der Waals surface area contributed by atoms with Gasteiger partial charge in [-0.25, -0.2) is 4.39 Å². The molecule has 4 heteroatoms. The van der Waals surface area contributed by atoms with Gasteiger partial charge in [-0.15, -0.1) is 0 Å². The minimum absolute atomic E-state index is 0.0753. The summed E-state index contributed by atoms with van der Waals surface area (Å²) in [7, 11) is 1.68. The zero-order chi connectivity index (χ0) is 14.3. The van der Waals surface area contributed by atoms with Crippen LogP contribution in [0.1, 0.15) is 0 Å².